The molecule has 1 unspecified atom stereocenters. The van der Waals surface area contributed by atoms with Gasteiger partial charge in [-0.05, 0) is 44.3 Å². The van der Waals surface area contributed by atoms with Crippen molar-refractivity contribution >= 4 is 11.4 Å². The molecule has 2 heterocycles. The Balaban J connectivity index is 2.11. The highest BCUT2D eigenvalue weighted by Crippen LogP contribution is 2.41. The van der Waals surface area contributed by atoms with E-state index >= 15 is 0 Å². The number of fused-ring (bicyclic) bond motifs is 1. The summed E-state index contributed by atoms with van der Waals surface area (Å²) in [6, 6.07) is 8.68. The number of benzene rings is 1. The molecule has 0 bridgehead atoms. The van der Waals surface area contributed by atoms with Crippen LogP contribution in [-0.2, 0) is 6.42 Å². The Morgan fingerprint density at radius 3 is 2.35 bits per heavy atom. The molecule has 1 aromatic heterocycles. The third-order valence-corrected chi connectivity index (χ3v) is 4.43. The lowest BCUT2D eigenvalue weighted by Gasteiger charge is -2.39. The number of nitrogens with zero attached hydrogens (tertiary/aromatic N) is 3. The van der Waals surface area contributed by atoms with Gasteiger partial charge in [0, 0.05) is 42.4 Å². The molecule has 0 N–H and O–H groups in total. The molecule has 5 heteroatoms. The van der Waals surface area contributed by atoms with Crippen LogP contribution in [0.5, 0.6) is 11.5 Å². The number of rotatable bonds is 4. The lowest BCUT2D eigenvalue weighted by molar-refractivity contribution is 0.290. The molecule has 0 amide bonds. The van der Waals surface area contributed by atoms with Gasteiger partial charge >= 0.3 is 0 Å². The van der Waals surface area contributed by atoms with E-state index in [2.05, 4.69) is 41.0 Å². The first kappa shape index (κ1) is 15.6. The molecule has 5 nitrogen and oxygen atoms in total. The van der Waals surface area contributed by atoms with E-state index in [-0.39, 0.29) is 0 Å². The summed E-state index contributed by atoms with van der Waals surface area (Å²) in [5, 5.41) is 0. The average Bonchev–Trinajstić information content (AvgIpc) is 2.60. The lowest BCUT2D eigenvalue weighted by atomic mass is 9.96. The zero-order chi connectivity index (χ0) is 16.4. The van der Waals surface area contributed by atoms with Crippen LogP contribution in [-0.4, -0.2) is 50.8 Å². The molecule has 122 valence electrons. The van der Waals surface area contributed by atoms with E-state index in [9.17, 15) is 0 Å². The average molecular weight is 313 g/mol. The van der Waals surface area contributed by atoms with Gasteiger partial charge in [-0.15, -0.1) is 0 Å². The fourth-order valence-corrected chi connectivity index (χ4v) is 3.07. The van der Waals surface area contributed by atoms with Crippen LogP contribution in [0.2, 0.25) is 0 Å². The second kappa shape index (κ2) is 6.46. The van der Waals surface area contributed by atoms with Crippen molar-refractivity contribution in [1.29, 1.82) is 0 Å². The van der Waals surface area contributed by atoms with Gasteiger partial charge in [-0.1, -0.05) is 0 Å². The van der Waals surface area contributed by atoms with Gasteiger partial charge in [0.15, 0.2) is 11.5 Å². The zero-order valence-electron chi connectivity index (χ0n) is 14.1. The summed E-state index contributed by atoms with van der Waals surface area (Å²) < 4.78 is 11.0. The van der Waals surface area contributed by atoms with E-state index in [1.165, 1.54) is 11.3 Å². The molecule has 3 rings (SSSR count). The van der Waals surface area contributed by atoms with Crippen molar-refractivity contribution < 1.29 is 9.47 Å². The van der Waals surface area contributed by atoms with Crippen LogP contribution in [0.25, 0.3) is 0 Å². The third-order valence-electron chi connectivity index (χ3n) is 4.43. The highest BCUT2D eigenvalue weighted by atomic mass is 16.5. The first-order valence-electron chi connectivity index (χ1n) is 7.73. The van der Waals surface area contributed by atoms with Crippen molar-refractivity contribution in [1.82, 2.24) is 9.88 Å². The van der Waals surface area contributed by atoms with E-state index in [4.69, 9.17) is 9.47 Å². The molecule has 1 aliphatic rings. The van der Waals surface area contributed by atoms with E-state index in [0.29, 0.717) is 6.04 Å². The minimum atomic E-state index is 0.439. The number of anilines is 2. The van der Waals surface area contributed by atoms with E-state index < -0.39 is 0 Å². The molecular formula is C18H23N3O2. The number of hydrogen-bond acceptors (Lipinski definition) is 5. The number of hydrogen-bond donors (Lipinski definition) is 0. The van der Waals surface area contributed by atoms with E-state index in [1.807, 2.05) is 24.5 Å². The normalized spacial score (nSPS) is 17.1. The standard InChI is InChI=1S/C18H23N3O2/c1-20(2)15-9-13-10-17(22-3)18(23-4)11-16(13)21(12-15)14-5-7-19-8-6-14/h5-8,10-11,15H,9,12H2,1-4H3. The summed E-state index contributed by atoms with van der Waals surface area (Å²) in [7, 11) is 7.60. The Kier molecular flexibility index (Phi) is 4.39. The number of ether oxygens (including phenoxy) is 2. The van der Waals surface area contributed by atoms with Crippen LogP contribution in [0.1, 0.15) is 5.56 Å². The molecule has 23 heavy (non-hydrogen) atoms. The molecule has 0 fully saturated rings. The summed E-state index contributed by atoms with van der Waals surface area (Å²) in [6.45, 7) is 0.930. The maximum absolute atomic E-state index is 5.49. The second-order valence-electron chi connectivity index (χ2n) is 5.97. The van der Waals surface area contributed by atoms with Gasteiger partial charge in [0.05, 0.1) is 14.2 Å². The first-order chi connectivity index (χ1) is 11.1. The molecule has 2 aromatic rings. The van der Waals surface area contributed by atoms with Crippen LogP contribution >= 0.6 is 0 Å². The molecule has 0 saturated heterocycles. The van der Waals surface area contributed by atoms with E-state index in [1.54, 1.807) is 14.2 Å². The Morgan fingerprint density at radius 2 is 1.74 bits per heavy atom. The fraction of sp³-hybridized carbons (Fsp3) is 0.389. The lowest BCUT2D eigenvalue weighted by Crippen LogP contribution is -2.43. The number of aromatic nitrogens is 1. The molecule has 0 saturated carbocycles. The molecular weight excluding hydrogens is 290 g/mol. The summed E-state index contributed by atoms with van der Waals surface area (Å²) in [5.41, 5.74) is 3.58. The molecule has 0 spiro atoms. The molecule has 1 aromatic carbocycles. The zero-order valence-corrected chi connectivity index (χ0v) is 14.1. The van der Waals surface area contributed by atoms with Crippen molar-refractivity contribution in [2.24, 2.45) is 0 Å². The van der Waals surface area contributed by atoms with Gasteiger partial charge < -0.3 is 19.3 Å². The van der Waals surface area contributed by atoms with Crippen LogP contribution in [0.4, 0.5) is 11.4 Å². The van der Waals surface area contributed by atoms with Crippen LogP contribution < -0.4 is 14.4 Å². The van der Waals surface area contributed by atoms with Crippen molar-refractivity contribution in [3.05, 3.63) is 42.2 Å². The molecule has 0 aliphatic carbocycles. The number of pyridine rings is 1. The van der Waals surface area contributed by atoms with Crippen LogP contribution in [0.15, 0.2) is 36.7 Å². The predicted molar refractivity (Wildman–Crippen MR) is 92.0 cm³/mol. The van der Waals surface area contributed by atoms with E-state index in [0.717, 1.165) is 30.2 Å². The van der Waals surface area contributed by atoms with Crippen molar-refractivity contribution in [2.45, 2.75) is 12.5 Å². The third kappa shape index (κ3) is 2.97. The fourth-order valence-electron chi connectivity index (χ4n) is 3.07. The number of likely N-dealkylation sites (N-methyl/N-ethyl adjacent to an activating group) is 1. The Morgan fingerprint density at radius 1 is 1.09 bits per heavy atom. The van der Waals surface area contributed by atoms with Gasteiger partial charge in [0.1, 0.15) is 0 Å². The van der Waals surface area contributed by atoms with Gasteiger partial charge in [-0.3, -0.25) is 4.98 Å². The van der Waals surface area contributed by atoms with Crippen molar-refractivity contribution in [3.8, 4) is 11.5 Å². The monoisotopic (exact) mass is 313 g/mol. The van der Waals surface area contributed by atoms with Gasteiger partial charge in [0.2, 0.25) is 0 Å². The van der Waals surface area contributed by atoms with Gasteiger partial charge in [0.25, 0.3) is 0 Å². The Labute approximate surface area is 137 Å². The minimum absolute atomic E-state index is 0.439. The Bertz CT molecular complexity index is 673. The highest BCUT2D eigenvalue weighted by molar-refractivity contribution is 5.71. The number of methoxy groups -OCH3 is 2. The van der Waals surface area contributed by atoms with Gasteiger partial charge in [-0.25, -0.2) is 0 Å². The van der Waals surface area contributed by atoms with Crippen molar-refractivity contribution in [3.63, 3.8) is 0 Å². The molecule has 0 radical (unpaired) electrons. The maximum Gasteiger partial charge on any atom is 0.162 e. The maximum atomic E-state index is 5.49. The smallest absolute Gasteiger partial charge is 0.162 e. The minimum Gasteiger partial charge on any atom is -0.493 e. The summed E-state index contributed by atoms with van der Waals surface area (Å²) in [5.74, 6) is 1.54. The molecule has 1 atom stereocenters. The first-order valence-corrected chi connectivity index (χ1v) is 7.73. The van der Waals surface area contributed by atoms with Crippen LogP contribution in [0.3, 0.4) is 0 Å². The Hall–Kier alpha value is -2.27. The SMILES string of the molecule is COc1cc2c(cc1OC)N(c1ccncc1)CC(N(C)C)C2. The predicted octanol–water partition coefficient (Wildman–Crippen LogP) is 2.72. The van der Waals surface area contributed by atoms with Crippen LogP contribution in [0, 0.1) is 0 Å². The summed E-state index contributed by atoms with van der Waals surface area (Å²) in [6.07, 6.45) is 4.65. The second-order valence-corrected chi connectivity index (χ2v) is 5.97. The van der Waals surface area contributed by atoms with Gasteiger partial charge in [-0.2, -0.15) is 0 Å². The molecule has 1 aliphatic heterocycles. The highest BCUT2D eigenvalue weighted by Gasteiger charge is 2.28. The van der Waals surface area contributed by atoms with Crippen molar-refractivity contribution in [2.75, 3.05) is 39.8 Å². The quantitative estimate of drug-likeness (QED) is 0.867. The largest absolute Gasteiger partial charge is 0.493 e. The summed E-state index contributed by atoms with van der Waals surface area (Å²) >= 11 is 0. The summed E-state index contributed by atoms with van der Waals surface area (Å²) in [4.78, 5) is 8.73. The topological polar surface area (TPSA) is 37.8 Å².